The van der Waals surface area contributed by atoms with E-state index in [1.165, 1.54) is 0 Å². The highest BCUT2D eigenvalue weighted by Crippen LogP contribution is 1.87. The largest absolute Gasteiger partial charge is 0.395 e. The molecule has 4 N–H and O–H groups in total. The van der Waals surface area contributed by atoms with Crippen LogP contribution in [0.3, 0.4) is 0 Å². The van der Waals surface area contributed by atoms with Gasteiger partial charge in [0.25, 0.3) is 0 Å². The van der Waals surface area contributed by atoms with E-state index in [9.17, 15) is 0 Å². The molecule has 8 heavy (non-hydrogen) atoms. The summed E-state index contributed by atoms with van der Waals surface area (Å²) in [6.45, 7) is -0.879. The van der Waals surface area contributed by atoms with E-state index in [-0.39, 0.29) is 0 Å². The van der Waals surface area contributed by atoms with Crippen molar-refractivity contribution in [3.8, 4) is 0 Å². The number of hydrogen-bond donors (Lipinski definition) is 3. The molecule has 0 aliphatic rings. The Kier molecular flexibility index (Phi) is 3.72. The van der Waals surface area contributed by atoms with E-state index in [1.54, 1.807) is 0 Å². The first kappa shape index (κ1) is 7.84. The second-order valence-electron chi connectivity index (χ2n) is 1.54. The van der Waals surface area contributed by atoms with Crippen LogP contribution in [0, 0.1) is 0 Å². The van der Waals surface area contributed by atoms with Crippen molar-refractivity contribution in [2.45, 2.75) is 12.1 Å². The number of rotatable bonds is 3. The number of aliphatic hydroxyl groups is 3. The van der Waals surface area contributed by atoms with Gasteiger partial charge < -0.3 is 15.3 Å². The van der Waals surface area contributed by atoms with Crippen LogP contribution < -0.4 is 5.73 Å². The van der Waals surface area contributed by atoms with Crippen LogP contribution in [0.25, 0.3) is 0 Å². The molecule has 2 unspecified atom stereocenters. The molecule has 0 saturated heterocycles. The maximum atomic E-state index is 8.53. The third-order valence-electron chi connectivity index (χ3n) is 0.848. The fourth-order valence-electron chi connectivity index (χ4n) is 0.249. The second kappa shape index (κ2) is 3.80. The maximum absolute atomic E-state index is 8.53. The molecule has 0 fully saturated rings. The van der Waals surface area contributed by atoms with Crippen LogP contribution in [0.4, 0.5) is 0 Å². The maximum Gasteiger partial charge on any atom is 0.0959 e. The average molecular weight is 120 g/mol. The molecule has 0 aromatic carbocycles. The van der Waals surface area contributed by atoms with Crippen molar-refractivity contribution in [3.63, 3.8) is 0 Å². The molecule has 4 heteroatoms. The fraction of sp³-hybridized carbons (Fsp3) is 1.00. The van der Waals surface area contributed by atoms with Crippen molar-refractivity contribution in [3.05, 3.63) is 0 Å². The summed E-state index contributed by atoms with van der Waals surface area (Å²) >= 11 is 0. The molecular formula is C4H10NO3. The molecule has 0 aliphatic carbocycles. The van der Waals surface area contributed by atoms with Gasteiger partial charge in [-0.3, -0.25) is 0 Å². The third-order valence-corrected chi connectivity index (χ3v) is 0.848. The number of hydrogen-bond acceptors (Lipinski definition) is 3. The van der Waals surface area contributed by atoms with Gasteiger partial charge in [0, 0.05) is 0 Å². The minimum absolute atomic E-state index is 0.415. The Morgan fingerprint density at radius 2 is 1.75 bits per heavy atom. The summed E-state index contributed by atoms with van der Waals surface area (Å²) in [4.78, 5) is 0. The summed E-state index contributed by atoms with van der Waals surface area (Å²) in [5, 5.41) is 24.9. The van der Waals surface area contributed by atoms with Gasteiger partial charge in [0.15, 0.2) is 0 Å². The van der Waals surface area contributed by atoms with Gasteiger partial charge in [-0.25, -0.2) is 5.73 Å². The van der Waals surface area contributed by atoms with Gasteiger partial charge >= 0.3 is 0 Å². The lowest BCUT2D eigenvalue weighted by Crippen LogP contribution is -2.33. The van der Waals surface area contributed by atoms with Crippen molar-refractivity contribution in [2.75, 3.05) is 13.2 Å². The lowest BCUT2D eigenvalue weighted by Gasteiger charge is -2.10. The van der Waals surface area contributed by atoms with Gasteiger partial charge in [0.05, 0.1) is 25.4 Å². The SMILES string of the molecule is [NH]C(CO)C(O)CO. The van der Waals surface area contributed by atoms with Gasteiger partial charge in [-0.2, -0.15) is 0 Å². The summed E-state index contributed by atoms with van der Waals surface area (Å²) in [7, 11) is 0. The molecule has 0 saturated carbocycles. The third kappa shape index (κ3) is 2.23. The van der Waals surface area contributed by atoms with Crippen LogP contribution in [-0.2, 0) is 0 Å². The van der Waals surface area contributed by atoms with Crippen LogP contribution in [0.15, 0.2) is 0 Å². The molecule has 0 heterocycles. The smallest absolute Gasteiger partial charge is 0.0959 e. The standard InChI is InChI=1S/C4H10NO3/c5-3(1-6)4(8)2-7/h3-8H,1-2H2. The lowest BCUT2D eigenvalue weighted by atomic mass is 10.2. The zero-order chi connectivity index (χ0) is 6.57. The molecule has 0 rings (SSSR count). The van der Waals surface area contributed by atoms with E-state index >= 15 is 0 Å². The Morgan fingerprint density at radius 1 is 1.25 bits per heavy atom. The Labute approximate surface area is 47.6 Å². The Morgan fingerprint density at radius 3 is 1.88 bits per heavy atom. The minimum Gasteiger partial charge on any atom is -0.395 e. The first-order valence-corrected chi connectivity index (χ1v) is 2.33. The predicted octanol–water partition coefficient (Wildman–Crippen LogP) is -2.02. The van der Waals surface area contributed by atoms with E-state index in [1.807, 2.05) is 0 Å². The highest BCUT2D eigenvalue weighted by molar-refractivity contribution is 4.67. The highest BCUT2D eigenvalue weighted by Gasteiger charge is 2.11. The van der Waals surface area contributed by atoms with Gasteiger partial charge in [0.1, 0.15) is 0 Å². The predicted molar refractivity (Wildman–Crippen MR) is 27.1 cm³/mol. The van der Waals surface area contributed by atoms with Crippen LogP contribution in [0.2, 0.25) is 0 Å². The molecule has 0 spiro atoms. The van der Waals surface area contributed by atoms with E-state index in [0.717, 1.165) is 0 Å². The van der Waals surface area contributed by atoms with Crippen molar-refractivity contribution in [1.82, 2.24) is 5.73 Å². The Balaban J connectivity index is 3.29. The van der Waals surface area contributed by atoms with Crippen LogP contribution in [0.1, 0.15) is 0 Å². The molecule has 4 nitrogen and oxygen atoms in total. The zero-order valence-corrected chi connectivity index (χ0v) is 4.41. The molecule has 2 atom stereocenters. The number of aliphatic hydroxyl groups excluding tert-OH is 3. The van der Waals surface area contributed by atoms with Gasteiger partial charge in [0.2, 0.25) is 0 Å². The zero-order valence-electron chi connectivity index (χ0n) is 4.41. The normalized spacial score (nSPS) is 18.0. The molecule has 0 aliphatic heterocycles. The topological polar surface area (TPSA) is 84.5 Å². The van der Waals surface area contributed by atoms with E-state index < -0.39 is 25.4 Å². The fourth-order valence-corrected chi connectivity index (χ4v) is 0.249. The van der Waals surface area contributed by atoms with Crippen molar-refractivity contribution < 1.29 is 15.3 Å². The van der Waals surface area contributed by atoms with E-state index in [2.05, 4.69) is 0 Å². The van der Waals surface area contributed by atoms with Gasteiger partial charge in [-0.15, -0.1) is 0 Å². The molecular weight excluding hydrogens is 110 g/mol. The monoisotopic (exact) mass is 120 g/mol. The molecule has 0 aromatic heterocycles. The summed E-state index contributed by atoms with van der Waals surface area (Å²) in [6.07, 6.45) is -1.11. The van der Waals surface area contributed by atoms with E-state index in [0.29, 0.717) is 0 Å². The molecule has 1 radical (unpaired) electrons. The van der Waals surface area contributed by atoms with Crippen molar-refractivity contribution >= 4 is 0 Å². The Bertz CT molecular complexity index is 51.2. The first-order valence-electron chi connectivity index (χ1n) is 2.33. The summed E-state index contributed by atoms with van der Waals surface area (Å²) in [5.41, 5.74) is 6.77. The van der Waals surface area contributed by atoms with Crippen LogP contribution >= 0.6 is 0 Å². The number of nitrogens with one attached hydrogen (secondary N) is 1. The average Bonchev–Trinajstić information content (AvgIpc) is 1.84. The molecule has 0 bridgehead atoms. The summed E-state index contributed by atoms with van der Waals surface area (Å²) < 4.78 is 0. The van der Waals surface area contributed by atoms with Crippen LogP contribution in [0.5, 0.6) is 0 Å². The summed E-state index contributed by atoms with van der Waals surface area (Å²) in [5.74, 6) is 0. The lowest BCUT2D eigenvalue weighted by molar-refractivity contribution is 0.0525. The minimum atomic E-state index is -1.11. The van der Waals surface area contributed by atoms with Gasteiger partial charge in [-0.05, 0) is 0 Å². The van der Waals surface area contributed by atoms with Gasteiger partial charge in [-0.1, -0.05) is 0 Å². The van der Waals surface area contributed by atoms with E-state index in [4.69, 9.17) is 21.1 Å². The van der Waals surface area contributed by atoms with Crippen LogP contribution in [-0.4, -0.2) is 40.7 Å². The molecule has 49 valence electrons. The molecule has 0 aromatic rings. The quantitative estimate of drug-likeness (QED) is 0.402. The molecule has 0 amide bonds. The first-order chi connectivity index (χ1) is 3.72. The van der Waals surface area contributed by atoms with Crippen molar-refractivity contribution in [1.29, 1.82) is 0 Å². The Hall–Kier alpha value is -0.160. The van der Waals surface area contributed by atoms with Crippen molar-refractivity contribution in [2.24, 2.45) is 0 Å². The summed E-state index contributed by atoms with van der Waals surface area (Å²) in [6, 6.07) is -0.972. The highest BCUT2D eigenvalue weighted by atomic mass is 16.3. The second-order valence-corrected chi connectivity index (χ2v) is 1.54.